The van der Waals surface area contributed by atoms with E-state index in [9.17, 15) is 13.2 Å². The number of benzene rings is 1. The highest BCUT2D eigenvalue weighted by molar-refractivity contribution is 7.89. The Morgan fingerprint density at radius 2 is 2.10 bits per heavy atom. The van der Waals surface area contributed by atoms with E-state index in [1.807, 2.05) is 13.8 Å². The van der Waals surface area contributed by atoms with Gasteiger partial charge in [0.05, 0.1) is 11.7 Å². The highest BCUT2D eigenvalue weighted by Crippen LogP contribution is 2.21. The number of hydrogen-bond acceptors (Lipinski definition) is 6. The van der Waals surface area contributed by atoms with Gasteiger partial charge in [-0.1, -0.05) is 19.9 Å². The van der Waals surface area contributed by atoms with Crippen LogP contribution in [0.1, 0.15) is 20.3 Å². The molecule has 1 heterocycles. The van der Waals surface area contributed by atoms with E-state index < -0.39 is 22.0 Å². The lowest BCUT2D eigenvalue weighted by Crippen LogP contribution is -2.41. The molecular weight excluding hydrogens is 314 g/mol. The third kappa shape index (κ3) is 3.55. The van der Waals surface area contributed by atoms with Gasteiger partial charge in [-0.3, -0.25) is 4.79 Å². The van der Waals surface area contributed by atoms with Gasteiger partial charge in [0.2, 0.25) is 10.0 Å². The standard InChI is InChI=1S/C12H15N3O4S2/c1-7(2)6-9(12(16)17)15-21(18,19)10-5-3-4-8-11(10)14-20-13-8/h3-5,7,9,15H,6H2,1-2H3,(H,16,17). The molecule has 21 heavy (non-hydrogen) atoms. The predicted octanol–water partition coefficient (Wildman–Crippen LogP) is 1.47. The van der Waals surface area contributed by atoms with Crippen LogP contribution in [0.25, 0.3) is 11.0 Å². The van der Waals surface area contributed by atoms with Gasteiger partial charge in [0.1, 0.15) is 22.0 Å². The number of carboxylic acids is 1. The zero-order valence-corrected chi connectivity index (χ0v) is 13.1. The number of carboxylic acid groups (broad SMARTS) is 1. The minimum Gasteiger partial charge on any atom is -0.480 e. The molecule has 2 N–H and O–H groups in total. The smallest absolute Gasteiger partial charge is 0.321 e. The number of aromatic nitrogens is 2. The van der Waals surface area contributed by atoms with Crippen LogP contribution >= 0.6 is 11.7 Å². The number of hydrogen-bond donors (Lipinski definition) is 2. The summed E-state index contributed by atoms with van der Waals surface area (Å²) in [7, 11) is -3.97. The van der Waals surface area contributed by atoms with E-state index >= 15 is 0 Å². The average molecular weight is 329 g/mol. The lowest BCUT2D eigenvalue weighted by molar-refractivity contribution is -0.139. The van der Waals surface area contributed by atoms with Crippen LogP contribution in [0, 0.1) is 5.92 Å². The lowest BCUT2D eigenvalue weighted by Gasteiger charge is -2.16. The Morgan fingerprint density at radius 1 is 1.38 bits per heavy atom. The van der Waals surface area contributed by atoms with E-state index in [2.05, 4.69) is 13.5 Å². The summed E-state index contributed by atoms with van der Waals surface area (Å²) in [5.41, 5.74) is 0.724. The molecule has 1 unspecified atom stereocenters. The quantitative estimate of drug-likeness (QED) is 0.830. The van der Waals surface area contributed by atoms with Crippen LogP contribution in [0.2, 0.25) is 0 Å². The van der Waals surface area contributed by atoms with Crippen LogP contribution in [0.15, 0.2) is 23.1 Å². The molecule has 0 radical (unpaired) electrons. The van der Waals surface area contributed by atoms with Gasteiger partial charge in [-0.25, -0.2) is 8.42 Å². The van der Waals surface area contributed by atoms with E-state index in [-0.39, 0.29) is 22.8 Å². The van der Waals surface area contributed by atoms with Gasteiger partial charge in [-0.2, -0.15) is 13.5 Å². The van der Waals surface area contributed by atoms with E-state index in [0.29, 0.717) is 5.52 Å². The Balaban J connectivity index is 2.37. The Kier molecular flexibility index (Phi) is 4.55. The maximum absolute atomic E-state index is 12.4. The number of carbonyl (C=O) groups is 1. The Hall–Kier alpha value is -1.58. The molecule has 0 aliphatic carbocycles. The Bertz CT molecular complexity index is 755. The molecule has 2 aromatic rings. The number of nitrogens with zero attached hydrogens (tertiary/aromatic N) is 2. The monoisotopic (exact) mass is 329 g/mol. The molecule has 7 nitrogen and oxygen atoms in total. The molecule has 0 fully saturated rings. The van der Waals surface area contributed by atoms with E-state index in [4.69, 9.17) is 5.11 Å². The normalized spacial score (nSPS) is 13.7. The van der Waals surface area contributed by atoms with Crippen molar-refractivity contribution < 1.29 is 18.3 Å². The fourth-order valence-corrected chi connectivity index (χ4v) is 3.89. The molecule has 2 rings (SSSR count). The van der Waals surface area contributed by atoms with E-state index in [0.717, 1.165) is 11.7 Å². The molecule has 0 amide bonds. The van der Waals surface area contributed by atoms with Crippen molar-refractivity contribution in [1.82, 2.24) is 13.5 Å². The molecule has 0 saturated carbocycles. The van der Waals surface area contributed by atoms with Crippen LogP contribution in [-0.4, -0.2) is 34.3 Å². The fraction of sp³-hybridized carbons (Fsp3) is 0.417. The van der Waals surface area contributed by atoms with Crippen molar-refractivity contribution in [2.24, 2.45) is 5.92 Å². The van der Waals surface area contributed by atoms with Crippen molar-refractivity contribution in [2.75, 3.05) is 0 Å². The first-order valence-corrected chi connectivity index (χ1v) is 8.49. The average Bonchev–Trinajstić information content (AvgIpc) is 2.84. The highest BCUT2D eigenvalue weighted by Gasteiger charge is 2.28. The van der Waals surface area contributed by atoms with Crippen LogP contribution in [-0.2, 0) is 14.8 Å². The van der Waals surface area contributed by atoms with Crippen molar-refractivity contribution >= 4 is 38.8 Å². The second-order valence-electron chi connectivity index (χ2n) is 5.03. The maximum atomic E-state index is 12.4. The summed E-state index contributed by atoms with van der Waals surface area (Å²) >= 11 is 0.910. The summed E-state index contributed by atoms with van der Waals surface area (Å²) in [5.74, 6) is -1.15. The second-order valence-corrected chi connectivity index (χ2v) is 7.24. The van der Waals surface area contributed by atoms with Gasteiger partial charge >= 0.3 is 5.97 Å². The Morgan fingerprint density at radius 3 is 2.71 bits per heavy atom. The van der Waals surface area contributed by atoms with Gasteiger partial charge in [-0.05, 0) is 24.5 Å². The van der Waals surface area contributed by atoms with Gasteiger partial charge < -0.3 is 5.11 Å². The van der Waals surface area contributed by atoms with Gasteiger partial charge in [0, 0.05) is 0 Å². The summed E-state index contributed by atoms with van der Waals surface area (Å²) in [5, 5.41) is 9.15. The SMILES string of the molecule is CC(C)CC(NS(=O)(=O)c1cccc2nsnc12)C(=O)O. The Labute approximate surface area is 126 Å². The van der Waals surface area contributed by atoms with E-state index in [1.165, 1.54) is 6.07 Å². The summed E-state index contributed by atoms with van der Waals surface area (Å²) < 4.78 is 35.0. The molecule has 0 aliphatic heterocycles. The number of rotatable bonds is 6. The second kappa shape index (κ2) is 6.04. The van der Waals surface area contributed by atoms with Gasteiger partial charge in [0.15, 0.2) is 0 Å². The van der Waals surface area contributed by atoms with Crippen molar-refractivity contribution in [3.05, 3.63) is 18.2 Å². The van der Waals surface area contributed by atoms with Crippen LogP contribution in [0.4, 0.5) is 0 Å². The zero-order valence-electron chi connectivity index (χ0n) is 11.5. The lowest BCUT2D eigenvalue weighted by atomic mass is 10.1. The predicted molar refractivity (Wildman–Crippen MR) is 78.6 cm³/mol. The van der Waals surface area contributed by atoms with Crippen LogP contribution in [0.5, 0.6) is 0 Å². The molecule has 0 bridgehead atoms. The van der Waals surface area contributed by atoms with Crippen molar-refractivity contribution in [3.8, 4) is 0 Å². The zero-order chi connectivity index (χ0) is 15.6. The van der Waals surface area contributed by atoms with Crippen LogP contribution < -0.4 is 4.72 Å². The van der Waals surface area contributed by atoms with Crippen molar-refractivity contribution in [2.45, 2.75) is 31.2 Å². The highest BCUT2D eigenvalue weighted by atomic mass is 32.2. The van der Waals surface area contributed by atoms with Crippen LogP contribution in [0.3, 0.4) is 0 Å². The molecule has 1 atom stereocenters. The largest absolute Gasteiger partial charge is 0.480 e. The summed E-state index contributed by atoms with van der Waals surface area (Å²) in [6.45, 7) is 3.66. The third-order valence-electron chi connectivity index (χ3n) is 2.84. The van der Waals surface area contributed by atoms with Crippen molar-refractivity contribution in [3.63, 3.8) is 0 Å². The minimum atomic E-state index is -3.97. The minimum absolute atomic E-state index is 0.0468. The fourth-order valence-electron chi connectivity index (χ4n) is 1.92. The molecule has 9 heteroatoms. The first-order valence-electron chi connectivity index (χ1n) is 6.27. The molecule has 0 saturated heterocycles. The summed E-state index contributed by atoms with van der Waals surface area (Å²) in [4.78, 5) is 11.2. The molecular formula is C12H15N3O4S2. The maximum Gasteiger partial charge on any atom is 0.321 e. The number of fused-ring (bicyclic) bond motifs is 1. The molecule has 1 aromatic heterocycles. The number of aliphatic carboxylic acids is 1. The first-order chi connectivity index (χ1) is 9.81. The number of sulfonamides is 1. The van der Waals surface area contributed by atoms with Gasteiger partial charge in [0.25, 0.3) is 0 Å². The third-order valence-corrected chi connectivity index (χ3v) is 4.89. The molecule has 114 valence electrons. The molecule has 0 aliphatic rings. The molecule has 0 spiro atoms. The summed E-state index contributed by atoms with van der Waals surface area (Å²) in [6, 6.07) is 3.43. The van der Waals surface area contributed by atoms with Gasteiger partial charge in [-0.15, -0.1) is 0 Å². The first kappa shape index (κ1) is 15.8. The summed E-state index contributed by atoms with van der Waals surface area (Å²) in [6.07, 6.45) is 0.208. The topological polar surface area (TPSA) is 109 Å². The number of nitrogens with one attached hydrogen (secondary N) is 1. The van der Waals surface area contributed by atoms with Crippen molar-refractivity contribution in [1.29, 1.82) is 0 Å². The van der Waals surface area contributed by atoms with E-state index in [1.54, 1.807) is 12.1 Å². The molecule has 1 aromatic carbocycles.